The first-order valence-corrected chi connectivity index (χ1v) is 6.91. The molecule has 1 aliphatic heterocycles. The van der Waals surface area contributed by atoms with Crippen molar-refractivity contribution in [1.29, 1.82) is 0 Å². The van der Waals surface area contributed by atoms with Crippen LogP contribution in [0.15, 0.2) is 18.2 Å². The highest BCUT2D eigenvalue weighted by molar-refractivity contribution is 5.53. The molecule has 106 valence electrons. The van der Waals surface area contributed by atoms with E-state index in [-0.39, 0.29) is 11.3 Å². The van der Waals surface area contributed by atoms with Crippen LogP contribution in [0.5, 0.6) is 5.75 Å². The third-order valence-corrected chi connectivity index (χ3v) is 3.82. The van der Waals surface area contributed by atoms with Gasteiger partial charge in [-0.05, 0) is 38.5 Å². The Morgan fingerprint density at radius 2 is 1.79 bits per heavy atom. The maximum atomic E-state index is 9.43. The van der Waals surface area contributed by atoms with Gasteiger partial charge in [0.2, 0.25) is 0 Å². The summed E-state index contributed by atoms with van der Waals surface area (Å²) in [6.07, 6.45) is 0. The fraction of sp³-hybridized carbons (Fsp3) is 0.600. The van der Waals surface area contributed by atoms with E-state index in [2.05, 4.69) is 30.6 Å². The molecule has 0 unspecified atom stereocenters. The summed E-state index contributed by atoms with van der Waals surface area (Å²) in [7, 11) is 0. The lowest BCUT2D eigenvalue weighted by Gasteiger charge is -2.42. The fourth-order valence-electron chi connectivity index (χ4n) is 2.54. The largest absolute Gasteiger partial charge is 0.506 e. The molecule has 1 aliphatic rings. The number of anilines is 1. The van der Waals surface area contributed by atoms with Crippen LogP contribution < -0.4 is 5.73 Å². The lowest BCUT2D eigenvalue weighted by atomic mass is 10.0. The molecule has 1 saturated heterocycles. The molecule has 2 rings (SSSR count). The molecule has 0 spiro atoms. The molecule has 1 aromatic carbocycles. The Labute approximate surface area is 115 Å². The van der Waals surface area contributed by atoms with Gasteiger partial charge in [-0.25, -0.2) is 0 Å². The first-order valence-electron chi connectivity index (χ1n) is 6.91. The van der Waals surface area contributed by atoms with Gasteiger partial charge in [-0.15, -0.1) is 0 Å². The number of phenolic OH excluding ortho intramolecular Hbond substituents is 1. The summed E-state index contributed by atoms with van der Waals surface area (Å²) >= 11 is 0. The molecule has 1 heterocycles. The zero-order chi connectivity index (χ0) is 14.0. The number of piperazine rings is 1. The van der Waals surface area contributed by atoms with Crippen LogP contribution in [0.4, 0.5) is 5.69 Å². The number of hydrogen-bond acceptors (Lipinski definition) is 4. The smallest absolute Gasteiger partial charge is 0.138 e. The monoisotopic (exact) mass is 263 g/mol. The zero-order valence-corrected chi connectivity index (χ0v) is 12.2. The van der Waals surface area contributed by atoms with Crippen LogP contribution in [0.25, 0.3) is 0 Å². The van der Waals surface area contributed by atoms with E-state index in [4.69, 9.17) is 5.73 Å². The Hall–Kier alpha value is -1.26. The van der Waals surface area contributed by atoms with Crippen molar-refractivity contribution in [2.45, 2.75) is 32.9 Å². The van der Waals surface area contributed by atoms with Crippen LogP contribution in [0.1, 0.15) is 26.3 Å². The summed E-state index contributed by atoms with van der Waals surface area (Å²) in [6.45, 7) is 12.1. The molecule has 1 fully saturated rings. The van der Waals surface area contributed by atoms with Crippen molar-refractivity contribution in [3.05, 3.63) is 23.8 Å². The van der Waals surface area contributed by atoms with Gasteiger partial charge in [0.05, 0.1) is 5.69 Å². The van der Waals surface area contributed by atoms with E-state index in [1.807, 2.05) is 12.1 Å². The molecule has 4 heteroatoms. The first kappa shape index (κ1) is 14.2. The molecule has 0 atom stereocenters. The molecule has 1 aromatic rings. The van der Waals surface area contributed by atoms with Gasteiger partial charge in [0, 0.05) is 38.3 Å². The van der Waals surface area contributed by atoms with Crippen LogP contribution in [-0.2, 0) is 6.54 Å². The third kappa shape index (κ3) is 3.61. The minimum Gasteiger partial charge on any atom is -0.506 e. The van der Waals surface area contributed by atoms with Crippen molar-refractivity contribution in [1.82, 2.24) is 9.80 Å². The van der Waals surface area contributed by atoms with E-state index in [9.17, 15) is 5.11 Å². The van der Waals surface area contributed by atoms with Crippen LogP contribution in [0, 0.1) is 0 Å². The number of aromatic hydroxyl groups is 1. The molecular weight excluding hydrogens is 238 g/mol. The predicted octanol–water partition coefficient (Wildman–Crippen LogP) is 1.89. The molecule has 0 aromatic heterocycles. The van der Waals surface area contributed by atoms with Gasteiger partial charge in [0.25, 0.3) is 0 Å². The second kappa shape index (κ2) is 5.39. The molecule has 0 amide bonds. The number of nitrogens with zero attached hydrogens (tertiary/aromatic N) is 2. The number of hydrogen-bond donors (Lipinski definition) is 2. The van der Waals surface area contributed by atoms with Crippen molar-refractivity contribution >= 4 is 5.69 Å². The van der Waals surface area contributed by atoms with E-state index in [1.54, 1.807) is 6.07 Å². The molecule has 0 aliphatic carbocycles. The summed E-state index contributed by atoms with van der Waals surface area (Å²) in [5, 5.41) is 9.43. The van der Waals surface area contributed by atoms with Crippen molar-refractivity contribution in [3.63, 3.8) is 0 Å². The maximum Gasteiger partial charge on any atom is 0.138 e. The van der Waals surface area contributed by atoms with Gasteiger partial charge in [-0.2, -0.15) is 0 Å². The average molecular weight is 263 g/mol. The van der Waals surface area contributed by atoms with Gasteiger partial charge in [0.1, 0.15) is 5.75 Å². The normalized spacial score (nSPS) is 18.7. The van der Waals surface area contributed by atoms with Crippen LogP contribution in [0.3, 0.4) is 0 Å². The molecule has 4 nitrogen and oxygen atoms in total. The highest BCUT2D eigenvalue weighted by Crippen LogP contribution is 2.22. The Morgan fingerprint density at radius 3 is 2.32 bits per heavy atom. The fourth-order valence-corrected chi connectivity index (χ4v) is 2.54. The van der Waals surface area contributed by atoms with Gasteiger partial charge in [-0.1, -0.05) is 6.07 Å². The Bertz CT molecular complexity index is 432. The lowest BCUT2D eigenvalue weighted by Crippen LogP contribution is -2.53. The van der Waals surface area contributed by atoms with Gasteiger partial charge in [0.15, 0.2) is 0 Å². The molecular formula is C15H25N3O. The topological polar surface area (TPSA) is 52.7 Å². The molecule has 19 heavy (non-hydrogen) atoms. The average Bonchev–Trinajstić information content (AvgIpc) is 2.33. The highest BCUT2D eigenvalue weighted by atomic mass is 16.3. The zero-order valence-electron chi connectivity index (χ0n) is 12.2. The quantitative estimate of drug-likeness (QED) is 0.632. The Balaban J connectivity index is 1.90. The van der Waals surface area contributed by atoms with Crippen molar-refractivity contribution < 1.29 is 5.11 Å². The van der Waals surface area contributed by atoms with E-state index in [1.165, 1.54) is 5.56 Å². The summed E-state index contributed by atoms with van der Waals surface area (Å²) < 4.78 is 0. The minimum absolute atomic E-state index is 0.168. The van der Waals surface area contributed by atoms with Gasteiger partial charge < -0.3 is 10.8 Å². The lowest BCUT2D eigenvalue weighted by molar-refractivity contribution is 0.0591. The predicted molar refractivity (Wildman–Crippen MR) is 79.1 cm³/mol. The van der Waals surface area contributed by atoms with Crippen molar-refractivity contribution in [3.8, 4) is 5.75 Å². The van der Waals surface area contributed by atoms with Crippen LogP contribution in [-0.4, -0.2) is 46.6 Å². The standard InChI is InChI=1S/C15H25N3O/c1-15(2,3)18-8-6-17(7-9-18)11-12-4-5-14(19)13(16)10-12/h4-5,10,19H,6-9,11,16H2,1-3H3. The number of phenols is 1. The SMILES string of the molecule is CC(C)(C)N1CCN(Cc2ccc(O)c(N)c2)CC1. The number of nitrogen functional groups attached to an aromatic ring is 1. The van der Waals surface area contributed by atoms with Crippen molar-refractivity contribution in [2.75, 3.05) is 31.9 Å². The van der Waals surface area contributed by atoms with Crippen molar-refractivity contribution in [2.24, 2.45) is 0 Å². The molecule has 0 saturated carbocycles. The van der Waals surface area contributed by atoms with E-state index < -0.39 is 0 Å². The summed E-state index contributed by atoms with van der Waals surface area (Å²) in [5.74, 6) is 0.168. The molecule has 0 bridgehead atoms. The second-order valence-corrected chi connectivity index (χ2v) is 6.33. The number of nitrogens with two attached hydrogens (primary N) is 1. The van der Waals surface area contributed by atoms with Crippen LogP contribution in [0.2, 0.25) is 0 Å². The number of rotatable bonds is 2. The second-order valence-electron chi connectivity index (χ2n) is 6.33. The van der Waals surface area contributed by atoms with E-state index in [0.29, 0.717) is 5.69 Å². The van der Waals surface area contributed by atoms with E-state index in [0.717, 1.165) is 32.7 Å². The van der Waals surface area contributed by atoms with Gasteiger partial charge >= 0.3 is 0 Å². The Morgan fingerprint density at radius 1 is 1.16 bits per heavy atom. The molecule has 0 radical (unpaired) electrons. The van der Waals surface area contributed by atoms with E-state index >= 15 is 0 Å². The Kier molecular flexibility index (Phi) is 4.02. The summed E-state index contributed by atoms with van der Waals surface area (Å²) in [4.78, 5) is 4.96. The highest BCUT2D eigenvalue weighted by Gasteiger charge is 2.25. The minimum atomic E-state index is 0.168. The maximum absolute atomic E-state index is 9.43. The van der Waals surface area contributed by atoms with Crippen LogP contribution >= 0.6 is 0 Å². The van der Waals surface area contributed by atoms with Gasteiger partial charge in [-0.3, -0.25) is 9.80 Å². The molecule has 3 N–H and O–H groups in total. The first-order chi connectivity index (χ1) is 8.86. The number of benzene rings is 1. The third-order valence-electron chi connectivity index (χ3n) is 3.82. The summed E-state index contributed by atoms with van der Waals surface area (Å²) in [6, 6.07) is 5.49. The summed E-state index contributed by atoms with van der Waals surface area (Å²) in [5.41, 5.74) is 7.62.